The van der Waals surface area contributed by atoms with Gasteiger partial charge in [-0.1, -0.05) is 20.3 Å². The van der Waals surface area contributed by atoms with Crippen molar-refractivity contribution in [2.75, 3.05) is 6.54 Å². The van der Waals surface area contributed by atoms with Crippen LogP contribution < -0.4 is 10.6 Å². The minimum absolute atomic E-state index is 0.601. The molecular weight excluding hydrogens is 148 g/mol. The highest BCUT2D eigenvalue weighted by Gasteiger charge is 2.19. The van der Waals surface area contributed by atoms with Crippen molar-refractivity contribution in [3.63, 3.8) is 0 Å². The molecule has 1 saturated heterocycles. The van der Waals surface area contributed by atoms with Gasteiger partial charge >= 0.3 is 0 Å². The van der Waals surface area contributed by atoms with Crippen LogP contribution in [0.25, 0.3) is 0 Å². The zero-order valence-corrected chi connectivity index (χ0v) is 8.56. The lowest BCUT2D eigenvalue weighted by Gasteiger charge is -2.30. The lowest BCUT2D eigenvalue weighted by Crippen LogP contribution is -2.50. The lowest BCUT2D eigenvalue weighted by molar-refractivity contribution is 0.312. The molecule has 0 amide bonds. The second-order valence-electron chi connectivity index (χ2n) is 4.17. The molecule has 1 fully saturated rings. The van der Waals surface area contributed by atoms with Crippen molar-refractivity contribution < 1.29 is 0 Å². The van der Waals surface area contributed by atoms with E-state index in [-0.39, 0.29) is 0 Å². The Kier molecular flexibility index (Phi) is 4.02. The van der Waals surface area contributed by atoms with Crippen LogP contribution in [0.3, 0.4) is 0 Å². The van der Waals surface area contributed by atoms with Gasteiger partial charge in [0.15, 0.2) is 0 Å². The Bertz CT molecular complexity index is 117. The van der Waals surface area contributed by atoms with Crippen LogP contribution in [0.2, 0.25) is 0 Å². The molecule has 0 bridgehead atoms. The van der Waals surface area contributed by atoms with Crippen molar-refractivity contribution in [1.29, 1.82) is 0 Å². The maximum Gasteiger partial charge on any atom is 0.0218 e. The highest BCUT2D eigenvalue weighted by molar-refractivity contribution is 4.82. The van der Waals surface area contributed by atoms with Gasteiger partial charge in [-0.2, -0.15) is 0 Å². The Labute approximate surface area is 76.1 Å². The fraction of sp³-hybridized carbons (Fsp3) is 1.00. The lowest BCUT2D eigenvalue weighted by atomic mass is 9.99. The molecule has 1 aliphatic rings. The van der Waals surface area contributed by atoms with Gasteiger partial charge < -0.3 is 10.6 Å². The molecule has 1 heterocycles. The average Bonchev–Trinajstić information content (AvgIpc) is 2.05. The summed E-state index contributed by atoms with van der Waals surface area (Å²) in [5.41, 5.74) is 0. The predicted octanol–water partition coefficient (Wildman–Crippen LogP) is 1.51. The van der Waals surface area contributed by atoms with Gasteiger partial charge in [0, 0.05) is 18.1 Å². The van der Waals surface area contributed by atoms with E-state index in [9.17, 15) is 0 Å². The van der Waals surface area contributed by atoms with E-state index in [2.05, 4.69) is 31.4 Å². The molecule has 0 saturated carbocycles. The summed E-state index contributed by atoms with van der Waals surface area (Å²) in [7, 11) is 0. The Hall–Kier alpha value is -0.0800. The minimum atomic E-state index is 0.601. The third-order valence-electron chi connectivity index (χ3n) is 2.55. The van der Waals surface area contributed by atoms with Crippen molar-refractivity contribution in [2.24, 2.45) is 0 Å². The number of rotatable bonds is 3. The molecule has 0 spiro atoms. The quantitative estimate of drug-likeness (QED) is 0.671. The van der Waals surface area contributed by atoms with Crippen LogP contribution in [0.4, 0.5) is 0 Å². The molecule has 2 unspecified atom stereocenters. The Balaban J connectivity index is 2.24. The Morgan fingerprint density at radius 1 is 1.25 bits per heavy atom. The zero-order valence-electron chi connectivity index (χ0n) is 8.56. The summed E-state index contributed by atoms with van der Waals surface area (Å²) >= 11 is 0. The molecule has 0 radical (unpaired) electrons. The molecule has 2 heteroatoms. The number of piperidine rings is 1. The molecule has 0 aromatic heterocycles. The molecule has 0 aromatic rings. The van der Waals surface area contributed by atoms with Crippen LogP contribution >= 0.6 is 0 Å². The molecule has 0 aliphatic carbocycles. The highest BCUT2D eigenvalue weighted by Crippen LogP contribution is 2.10. The predicted molar refractivity (Wildman–Crippen MR) is 53.4 cm³/mol. The molecule has 2 N–H and O–H groups in total. The third-order valence-corrected chi connectivity index (χ3v) is 2.55. The molecule has 2 nitrogen and oxygen atoms in total. The first kappa shape index (κ1) is 10.0. The van der Waals surface area contributed by atoms with E-state index in [4.69, 9.17) is 0 Å². The SMILES string of the molecule is CC(C)NC(C)C1CCCCN1. The second-order valence-corrected chi connectivity index (χ2v) is 4.17. The summed E-state index contributed by atoms with van der Waals surface area (Å²) in [5.74, 6) is 0. The molecular formula is C10H22N2. The summed E-state index contributed by atoms with van der Waals surface area (Å²) in [4.78, 5) is 0. The van der Waals surface area contributed by atoms with Gasteiger partial charge in [0.2, 0.25) is 0 Å². The Morgan fingerprint density at radius 3 is 2.50 bits per heavy atom. The van der Waals surface area contributed by atoms with Crippen LogP contribution in [0, 0.1) is 0 Å². The number of hydrogen-bond acceptors (Lipinski definition) is 2. The van der Waals surface area contributed by atoms with Gasteiger partial charge in [-0.05, 0) is 26.3 Å². The van der Waals surface area contributed by atoms with Gasteiger partial charge in [-0.15, -0.1) is 0 Å². The molecule has 1 rings (SSSR count). The van der Waals surface area contributed by atoms with Crippen molar-refractivity contribution in [1.82, 2.24) is 10.6 Å². The van der Waals surface area contributed by atoms with Gasteiger partial charge in [-0.3, -0.25) is 0 Å². The van der Waals surface area contributed by atoms with Crippen LogP contribution in [-0.2, 0) is 0 Å². The van der Waals surface area contributed by atoms with E-state index >= 15 is 0 Å². The van der Waals surface area contributed by atoms with Crippen molar-refractivity contribution >= 4 is 0 Å². The van der Waals surface area contributed by atoms with Gasteiger partial charge in [0.05, 0.1) is 0 Å². The Morgan fingerprint density at radius 2 is 2.00 bits per heavy atom. The molecule has 12 heavy (non-hydrogen) atoms. The van der Waals surface area contributed by atoms with Crippen molar-refractivity contribution in [3.05, 3.63) is 0 Å². The van der Waals surface area contributed by atoms with Crippen LogP contribution in [0.15, 0.2) is 0 Å². The van der Waals surface area contributed by atoms with Gasteiger partial charge in [0.25, 0.3) is 0 Å². The first-order valence-corrected chi connectivity index (χ1v) is 5.19. The molecule has 0 aromatic carbocycles. The maximum atomic E-state index is 3.56. The van der Waals surface area contributed by atoms with E-state index in [1.54, 1.807) is 0 Å². The van der Waals surface area contributed by atoms with Crippen molar-refractivity contribution in [2.45, 2.75) is 58.2 Å². The average molecular weight is 170 g/mol. The maximum absolute atomic E-state index is 3.56. The van der Waals surface area contributed by atoms with Crippen LogP contribution in [0.1, 0.15) is 40.0 Å². The molecule has 1 aliphatic heterocycles. The second kappa shape index (κ2) is 4.83. The summed E-state index contributed by atoms with van der Waals surface area (Å²) in [5, 5.41) is 7.11. The summed E-state index contributed by atoms with van der Waals surface area (Å²) < 4.78 is 0. The first-order chi connectivity index (χ1) is 5.70. The monoisotopic (exact) mass is 170 g/mol. The zero-order chi connectivity index (χ0) is 8.97. The topological polar surface area (TPSA) is 24.1 Å². The minimum Gasteiger partial charge on any atom is -0.312 e. The largest absolute Gasteiger partial charge is 0.312 e. The number of nitrogens with one attached hydrogen (secondary N) is 2. The summed E-state index contributed by atoms with van der Waals surface area (Å²) in [6, 6.07) is 1.91. The summed E-state index contributed by atoms with van der Waals surface area (Å²) in [6.45, 7) is 7.90. The first-order valence-electron chi connectivity index (χ1n) is 5.19. The fourth-order valence-corrected chi connectivity index (χ4v) is 1.95. The number of hydrogen-bond donors (Lipinski definition) is 2. The standard InChI is InChI=1S/C10H22N2/c1-8(2)12-9(3)10-6-4-5-7-11-10/h8-12H,4-7H2,1-3H3. The highest BCUT2D eigenvalue weighted by atomic mass is 15.0. The van der Waals surface area contributed by atoms with Gasteiger partial charge in [-0.25, -0.2) is 0 Å². The van der Waals surface area contributed by atoms with Crippen LogP contribution in [-0.4, -0.2) is 24.7 Å². The van der Waals surface area contributed by atoms with E-state index < -0.39 is 0 Å². The van der Waals surface area contributed by atoms with E-state index in [0.717, 1.165) is 0 Å². The van der Waals surface area contributed by atoms with E-state index in [1.165, 1.54) is 25.8 Å². The van der Waals surface area contributed by atoms with E-state index in [1.807, 2.05) is 0 Å². The smallest absolute Gasteiger partial charge is 0.0218 e. The van der Waals surface area contributed by atoms with Crippen molar-refractivity contribution in [3.8, 4) is 0 Å². The van der Waals surface area contributed by atoms with Crippen LogP contribution in [0.5, 0.6) is 0 Å². The van der Waals surface area contributed by atoms with E-state index in [0.29, 0.717) is 18.1 Å². The summed E-state index contributed by atoms with van der Waals surface area (Å²) in [6.07, 6.45) is 4.08. The molecule has 2 atom stereocenters. The fourth-order valence-electron chi connectivity index (χ4n) is 1.95. The normalized spacial score (nSPS) is 27.5. The molecule has 72 valence electrons. The van der Waals surface area contributed by atoms with Gasteiger partial charge in [0.1, 0.15) is 0 Å². The third kappa shape index (κ3) is 3.11.